The Bertz CT molecular complexity index is 829. The highest BCUT2D eigenvalue weighted by atomic mass is 32.1. The molecule has 0 saturated carbocycles. The van der Waals surface area contributed by atoms with Gasteiger partial charge in [0.1, 0.15) is 11.5 Å². The molecule has 1 atom stereocenters. The number of hydrazine groups is 1. The van der Waals surface area contributed by atoms with E-state index >= 15 is 0 Å². The second kappa shape index (κ2) is 8.28. The molecule has 2 aromatic rings. The number of rotatable bonds is 6. The summed E-state index contributed by atoms with van der Waals surface area (Å²) < 4.78 is 5.37. The Morgan fingerprint density at radius 3 is 2.41 bits per heavy atom. The monoisotopic (exact) mass is 391 g/mol. The Hall–Kier alpha value is -2.78. The van der Waals surface area contributed by atoms with Gasteiger partial charge in [0.15, 0.2) is 5.69 Å². The summed E-state index contributed by atoms with van der Waals surface area (Å²) in [6.45, 7) is 5.11. The van der Waals surface area contributed by atoms with Crippen molar-refractivity contribution in [3.63, 3.8) is 0 Å². The number of aromatic carboxylic acids is 1. The maximum absolute atomic E-state index is 12.9. The minimum atomic E-state index is -1.23. The second-order valence-electron chi connectivity index (χ2n) is 6.80. The third-order valence-corrected chi connectivity index (χ3v) is 4.27. The molecule has 0 fully saturated rings. The quantitative estimate of drug-likeness (QED) is 0.254. The van der Waals surface area contributed by atoms with Gasteiger partial charge in [0.05, 0.1) is 0 Å². The summed E-state index contributed by atoms with van der Waals surface area (Å²) in [5.41, 5.74) is -0.237. The maximum atomic E-state index is 12.9. The van der Waals surface area contributed by atoms with Gasteiger partial charge in [0, 0.05) is 5.38 Å². The van der Waals surface area contributed by atoms with Gasteiger partial charge in [-0.05, 0) is 32.8 Å². The Morgan fingerprint density at radius 2 is 1.89 bits per heavy atom. The first-order valence-electron chi connectivity index (χ1n) is 8.13. The minimum absolute atomic E-state index is 0.0148. The summed E-state index contributed by atoms with van der Waals surface area (Å²) >= 11 is 0.899. The predicted molar refractivity (Wildman–Crippen MR) is 100 cm³/mol. The smallest absolute Gasteiger partial charge is 0.355 e. The van der Waals surface area contributed by atoms with Crippen molar-refractivity contribution in [2.45, 2.75) is 32.8 Å². The highest BCUT2D eigenvalue weighted by Gasteiger charge is 2.35. The summed E-state index contributed by atoms with van der Waals surface area (Å²) in [5.74, 6) is 1.99. The zero-order valence-electron chi connectivity index (χ0n) is 15.2. The minimum Gasteiger partial charge on any atom is -0.476 e. The van der Waals surface area contributed by atoms with Gasteiger partial charge < -0.3 is 9.84 Å². The van der Waals surface area contributed by atoms with Crippen LogP contribution >= 0.6 is 11.3 Å². The molecule has 1 aromatic carbocycles. The van der Waals surface area contributed by atoms with Crippen LogP contribution in [0.5, 0.6) is 0 Å². The summed E-state index contributed by atoms with van der Waals surface area (Å²) in [7, 11) is 0. The number of hydrogen-bond donors (Lipinski definition) is 2. The summed E-state index contributed by atoms with van der Waals surface area (Å²) in [6.07, 6.45) is 0.0967. The van der Waals surface area contributed by atoms with E-state index in [1.165, 1.54) is 5.38 Å². The van der Waals surface area contributed by atoms with E-state index in [2.05, 4.69) is 4.98 Å². The lowest BCUT2D eigenvalue weighted by molar-refractivity contribution is -0.162. The number of esters is 1. The number of carbonyl (C=O) groups is 3. The zero-order chi connectivity index (χ0) is 20.2. The molecule has 2 rings (SSSR count). The van der Waals surface area contributed by atoms with E-state index in [0.29, 0.717) is 5.01 Å². The van der Waals surface area contributed by atoms with E-state index in [1.54, 1.807) is 45.0 Å². The van der Waals surface area contributed by atoms with Crippen LogP contribution in [0.2, 0.25) is 0 Å². The van der Waals surface area contributed by atoms with Gasteiger partial charge in [-0.1, -0.05) is 30.3 Å². The van der Waals surface area contributed by atoms with Gasteiger partial charge in [-0.2, -0.15) is 0 Å². The number of ether oxygens (including phenoxy) is 1. The fraction of sp³-hybridized carbons (Fsp3) is 0.333. The molecule has 1 unspecified atom stereocenters. The Labute approximate surface area is 160 Å². The van der Waals surface area contributed by atoms with Gasteiger partial charge in [-0.3, -0.25) is 9.59 Å². The molecule has 0 aliphatic rings. The number of anilines is 1. The number of nitrogens with zero attached hydrogens (tertiary/aromatic N) is 2. The van der Waals surface area contributed by atoms with Gasteiger partial charge >= 0.3 is 11.9 Å². The summed E-state index contributed by atoms with van der Waals surface area (Å²) in [4.78, 5) is 40.3. The lowest BCUT2D eigenvalue weighted by atomic mass is 9.98. The standard InChI is InChI=1S/C18H21N3O5S/c1-18(2,3)26-16(25)12(9-11-7-5-4-6-8-11)14(22)21(19)17-20-13(10-27-17)15(23)24/h4-8,10,12H,9,19H2,1-3H3,(H,23,24). The first-order chi connectivity index (χ1) is 12.6. The second-order valence-corrected chi connectivity index (χ2v) is 7.64. The van der Waals surface area contributed by atoms with E-state index in [4.69, 9.17) is 15.7 Å². The van der Waals surface area contributed by atoms with Crippen molar-refractivity contribution >= 4 is 34.3 Å². The third kappa shape index (κ3) is 5.60. The topological polar surface area (TPSA) is 123 Å². The fourth-order valence-electron chi connectivity index (χ4n) is 2.23. The number of carbonyl (C=O) groups excluding carboxylic acids is 2. The number of carboxylic acids is 1. The normalized spacial score (nSPS) is 12.3. The van der Waals surface area contributed by atoms with Gasteiger partial charge in [0.25, 0.3) is 5.91 Å². The van der Waals surface area contributed by atoms with Crippen molar-refractivity contribution in [2.75, 3.05) is 5.01 Å². The van der Waals surface area contributed by atoms with Crippen LogP contribution in [-0.4, -0.2) is 33.5 Å². The van der Waals surface area contributed by atoms with Crippen LogP contribution in [0.15, 0.2) is 35.7 Å². The Morgan fingerprint density at radius 1 is 1.26 bits per heavy atom. The number of aromatic nitrogens is 1. The highest BCUT2D eigenvalue weighted by Crippen LogP contribution is 2.23. The van der Waals surface area contributed by atoms with Gasteiger partial charge in [0.2, 0.25) is 5.13 Å². The molecule has 0 aliphatic carbocycles. The van der Waals surface area contributed by atoms with Crippen LogP contribution in [-0.2, 0) is 20.7 Å². The summed E-state index contributed by atoms with van der Waals surface area (Å²) in [5, 5.41) is 10.9. The van der Waals surface area contributed by atoms with E-state index < -0.39 is 29.4 Å². The number of amides is 1. The Kier molecular flexibility index (Phi) is 6.29. The van der Waals surface area contributed by atoms with Crippen molar-refractivity contribution in [2.24, 2.45) is 11.8 Å². The summed E-state index contributed by atoms with van der Waals surface area (Å²) in [6, 6.07) is 9.00. The first-order valence-corrected chi connectivity index (χ1v) is 9.00. The number of benzene rings is 1. The van der Waals surface area contributed by atoms with Gasteiger partial charge in [-0.15, -0.1) is 11.3 Å². The predicted octanol–water partition coefficient (Wildman–Crippen LogP) is 2.25. The first kappa shape index (κ1) is 20.5. The number of nitrogens with two attached hydrogens (primary N) is 1. The molecule has 0 spiro atoms. The van der Waals surface area contributed by atoms with Crippen LogP contribution in [0.3, 0.4) is 0 Å². The average Bonchev–Trinajstić information content (AvgIpc) is 3.08. The van der Waals surface area contributed by atoms with Crippen LogP contribution in [0.1, 0.15) is 36.8 Å². The molecule has 1 heterocycles. The van der Waals surface area contributed by atoms with Crippen molar-refractivity contribution in [1.82, 2.24) is 4.98 Å². The lowest BCUT2D eigenvalue weighted by Gasteiger charge is -2.25. The lowest BCUT2D eigenvalue weighted by Crippen LogP contribution is -2.46. The van der Waals surface area contributed by atoms with Crippen molar-refractivity contribution in [3.05, 3.63) is 47.0 Å². The van der Waals surface area contributed by atoms with Crippen LogP contribution in [0, 0.1) is 5.92 Å². The van der Waals surface area contributed by atoms with Crippen LogP contribution < -0.4 is 10.9 Å². The molecule has 27 heavy (non-hydrogen) atoms. The molecule has 3 N–H and O–H groups in total. The van der Waals surface area contributed by atoms with Gasteiger partial charge in [-0.25, -0.2) is 20.6 Å². The molecule has 0 bridgehead atoms. The number of carboxylic acid groups (broad SMARTS) is 1. The zero-order valence-corrected chi connectivity index (χ0v) is 16.0. The Balaban J connectivity index is 2.28. The van der Waals surface area contributed by atoms with Crippen LogP contribution in [0.25, 0.3) is 0 Å². The van der Waals surface area contributed by atoms with Crippen molar-refractivity contribution in [3.8, 4) is 0 Å². The van der Waals surface area contributed by atoms with Crippen molar-refractivity contribution < 1.29 is 24.2 Å². The van der Waals surface area contributed by atoms with E-state index in [9.17, 15) is 14.4 Å². The van der Waals surface area contributed by atoms with E-state index in [0.717, 1.165) is 16.9 Å². The van der Waals surface area contributed by atoms with Crippen LogP contribution in [0.4, 0.5) is 5.13 Å². The molecule has 144 valence electrons. The molecule has 1 amide bonds. The fourth-order valence-corrected chi connectivity index (χ4v) is 2.95. The molecule has 9 heteroatoms. The molecular weight excluding hydrogens is 370 g/mol. The third-order valence-electron chi connectivity index (χ3n) is 3.43. The molecule has 0 saturated heterocycles. The average molecular weight is 391 g/mol. The number of thiazole rings is 1. The highest BCUT2D eigenvalue weighted by molar-refractivity contribution is 7.14. The largest absolute Gasteiger partial charge is 0.476 e. The molecular formula is C18H21N3O5S. The molecule has 0 radical (unpaired) electrons. The van der Waals surface area contributed by atoms with E-state index in [-0.39, 0.29) is 17.2 Å². The van der Waals surface area contributed by atoms with Crippen molar-refractivity contribution in [1.29, 1.82) is 0 Å². The SMILES string of the molecule is CC(C)(C)OC(=O)C(Cc1ccccc1)C(=O)N(N)c1nc(C(=O)O)cs1. The van der Waals surface area contributed by atoms with E-state index in [1.807, 2.05) is 6.07 Å². The maximum Gasteiger partial charge on any atom is 0.355 e. The molecule has 1 aromatic heterocycles. The number of hydrogen-bond acceptors (Lipinski definition) is 7. The molecule has 0 aliphatic heterocycles. The molecule has 8 nitrogen and oxygen atoms in total.